The van der Waals surface area contributed by atoms with Crippen LogP contribution in [0.15, 0.2) is 29.3 Å². The van der Waals surface area contributed by atoms with Crippen LogP contribution in [0, 0.1) is 0 Å². The molecule has 20 heavy (non-hydrogen) atoms. The summed E-state index contributed by atoms with van der Waals surface area (Å²) in [5, 5.41) is 0.122. The normalized spacial score (nSPS) is 11.7. The third-order valence-electron chi connectivity index (χ3n) is 2.66. The van der Waals surface area contributed by atoms with Crippen LogP contribution in [0.3, 0.4) is 0 Å². The molecule has 0 saturated carbocycles. The summed E-state index contributed by atoms with van der Waals surface area (Å²) in [5.74, 6) is 0.108. The van der Waals surface area contributed by atoms with E-state index < -0.39 is 10.0 Å². The Morgan fingerprint density at radius 2 is 2.10 bits per heavy atom. The maximum absolute atomic E-state index is 12.1. The van der Waals surface area contributed by atoms with E-state index in [0.717, 1.165) is 11.3 Å². The van der Waals surface area contributed by atoms with E-state index >= 15 is 0 Å². The molecule has 0 fully saturated rings. The standard InChI is InChI=1S/C12H14ClN3O2S2/c1-2-8-3-4-9(19-8)6-16-20(17,18)10-5-11(13)12(14)15-7-10/h3-5,7,16H,2,6H2,1H3,(H2,14,15). The Morgan fingerprint density at radius 1 is 1.40 bits per heavy atom. The molecule has 2 rings (SSSR count). The third-order valence-corrected chi connectivity index (χ3v) is 5.56. The van der Waals surface area contributed by atoms with Crippen molar-refractivity contribution in [1.29, 1.82) is 0 Å². The molecular weight excluding hydrogens is 318 g/mol. The van der Waals surface area contributed by atoms with Crippen LogP contribution in [0.25, 0.3) is 0 Å². The van der Waals surface area contributed by atoms with Gasteiger partial charge in [-0.05, 0) is 24.6 Å². The highest BCUT2D eigenvalue weighted by Gasteiger charge is 2.16. The van der Waals surface area contributed by atoms with Gasteiger partial charge in [0.05, 0.1) is 5.02 Å². The van der Waals surface area contributed by atoms with Crippen molar-refractivity contribution in [2.75, 3.05) is 5.73 Å². The molecular formula is C12H14ClN3O2S2. The summed E-state index contributed by atoms with van der Waals surface area (Å²) < 4.78 is 26.7. The predicted molar refractivity (Wildman–Crippen MR) is 81.4 cm³/mol. The maximum Gasteiger partial charge on any atom is 0.242 e. The van der Waals surface area contributed by atoms with Crippen molar-refractivity contribution in [3.63, 3.8) is 0 Å². The van der Waals surface area contributed by atoms with Gasteiger partial charge in [-0.3, -0.25) is 0 Å². The topological polar surface area (TPSA) is 85.1 Å². The number of nitrogens with one attached hydrogen (secondary N) is 1. The predicted octanol–water partition coefficient (Wildman–Crippen LogP) is 2.42. The molecule has 0 aliphatic heterocycles. The minimum Gasteiger partial charge on any atom is -0.382 e. The Hall–Kier alpha value is -1.15. The Kier molecular flexibility index (Phi) is 4.64. The third kappa shape index (κ3) is 3.49. The van der Waals surface area contributed by atoms with Crippen molar-refractivity contribution in [3.05, 3.63) is 39.2 Å². The van der Waals surface area contributed by atoms with Crippen LogP contribution in [-0.2, 0) is 23.0 Å². The smallest absolute Gasteiger partial charge is 0.242 e. The summed E-state index contributed by atoms with van der Waals surface area (Å²) in [5.41, 5.74) is 5.46. The quantitative estimate of drug-likeness (QED) is 0.881. The first kappa shape index (κ1) is 15.2. The molecule has 2 aromatic rings. The number of halogens is 1. The van der Waals surface area contributed by atoms with Gasteiger partial charge in [0.2, 0.25) is 10.0 Å². The molecule has 3 N–H and O–H groups in total. The minimum absolute atomic E-state index is 0.00368. The van der Waals surface area contributed by atoms with E-state index in [-0.39, 0.29) is 22.3 Å². The van der Waals surface area contributed by atoms with Gasteiger partial charge in [0.1, 0.15) is 10.7 Å². The number of thiophene rings is 1. The molecule has 2 aromatic heterocycles. The number of rotatable bonds is 5. The van der Waals surface area contributed by atoms with Gasteiger partial charge in [-0.25, -0.2) is 18.1 Å². The number of nitrogens with two attached hydrogens (primary N) is 1. The fraction of sp³-hybridized carbons (Fsp3) is 0.250. The molecule has 0 bridgehead atoms. The van der Waals surface area contributed by atoms with Gasteiger partial charge < -0.3 is 5.73 Å². The molecule has 0 radical (unpaired) electrons. The van der Waals surface area contributed by atoms with Crippen LogP contribution in [0.1, 0.15) is 16.7 Å². The van der Waals surface area contributed by atoms with Crippen LogP contribution in [0.5, 0.6) is 0 Å². The van der Waals surface area contributed by atoms with Crippen LogP contribution in [-0.4, -0.2) is 13.4 Å². The lowest BCUT2D eigenvalue weighted by molar-refractivity contribution is 0.581. The lowest BCUT2D eigenvalue weighted by Crippen LogP contribution is -2.23. The molecule has 0 saturated heterocycles. The second kappa shape index (κ2) is 6.09. The molecule has 5 nitrogen and oxygen atoms in total. The summed E-state index contributed by atoms with van der Waals surface area (Å²) in [4.78, 5) is 5.93. The van der Waals surface area contributed by atoms with Crippen molar-refractivity contribution < 1.29 is 8.42 Å². The fourth-order valence-electron chi connectivity index (χ4n) is 1.53. The zero-order valence-corrected chi connectivity index (χ0v) is 13.1. The van der Waals surface area contributed by atoms with E-state index in [1.54, 1.807) is 11.3 Å². The Bertz CT molecular complexity index is 713. The van der Waals surface area contributed by atoms with Crippen LogP contribution >= 0.6 is 22.9 Å². The number of aryl methyl sites for hydroxylation is 1. The lowest BCUT2D eigenvalue weighted by Gasteiger charge is -2.06. The molecule has 0 spiro atoms. The second-order valence-electron chi connectivity index (χ2n) is 4.08. The molecule has 2 heterocycles. The van der Waals surface area contributed by atoms with Gasteiger partial charge in [-0.2, -0.15) is 0 Å². The molecule has 0 unspecified atom stereocenters. The zero-order valence-electron chi connectivity index (χ0n) is 10.8. The van der Waals surface area contributed by atoms with E-state index in [4.69, 9.17) is 17.3 Å². The number of hydrogen-bond donors (Lipinski definition) is 2. The largest absolute Gasteiger partial charge is 0.382 e. The van der Waals surface area contributed by atoms with Gasteiger partial charge in [0.25, 0.3) is 0 Å². The van der Waals surface area contributed by atoms with Crippen molar-refractivity contribution >= 4 is 38.8 Å². The summed E-state index contributed by atoms with van der Waals surface area (Å²) in [6.07, 6.45) is 2.13. The van der Waals surface area contributed by atoms with Gasteiger partial charge in [0.15, 0.2) is 0 Å². The first-order chi connectivity index (χ1) is 9.42. The molecule has 0 aromatic carbocycles. The SMILES string of the molecule is CCc1ccc(CNS(=O)(=O)c2cnc(N)c(Cl)c2)s1. The van der Waals surface area contributed by atoms with Crippen molar-refractivity contribution in [3.8, 4) is 0 Å². The van der Waals surface area contributed by atoms with Gasteiger partial charge >= 0.3 is 0 Å². The van der Waals surface area contributed by atoms with E-state index in [2.05, 4.69) is 16.6 Å². The first-order valence-electron chi connectivity index (χ1n) is 5.90. The van der Waals surface area contributed by atoms with Gasteiger partial charge in [-0.15, -0.1) is 11.3 Å². The number of anilines is 1. The highest BCUT2D eigenvalue weighted by molar-refractivity contribution is 7.89. The number of sulfonamides is 1. The molecule has 0 atom stereocenters. The Balaban J connectivity index is 2.12. The van der Waals surface area contributed by atoms with Crippen LogP contribution in [0.4, 0.5) is 5.82 Å². The average Bonchev–Trinajstić information content (AvgIpc) is 2.87. The summed E-state index contributed by atoms with van der Waals surface area (Å²) in [7, 11) is -3.64. The Labute approximate surface area is 126 Å². The van der Waals surface area contributed by atoms with E-state index in [9.17, 15) is 8.42 Å². The summed E-state index contributed by atoms with van der Waals surface area (Å²) in [6.45, 7) is 2.30. The molecule has 0 amide bonds. The number of pyridine rings is 1. The van der Waals surface area contributed by atoms with E-state index in [0.29, 0.717) is 0 Å². The van der Waals surface area contributed by atoms with Crippen molar-refractivity contribution in [1.82, 2.24) is 9.71 Å². The second-order valence-corrected chi connectivity index (χ2v) is 7.51. The highest BCUT2D eigenvalue weighted by atomic mass is 35.5. The van der Waals surface area contributed by atoms with E-state index in [1.807, 2.05) is 12.1 Å². The van der Waals surface area contributed by atoms with E-state index in [1.165, 1.54) is 17.1 Å². The monoisotopic (exact) mass is 331 g/mol. The number of nitrogen functional groups attached to an aromatic ring is 1. The average molecular weight is 332 g/mol. The fourth-order valence-corrected chi connectivity index (χ4v) is 3.73. The zero-order chi connectivity index (χ0) is 14.8. The molecule has 0 aliphatic rings. The summed E-state index contributed by atoms with van der Waals surface area (Å²) in [6, 6.07) is 5.20. The molecule has 8 heteroatoms. The molecule has 108 valence electrons. The lowest BCUT2D eigenvalue weighted by atomic mass is 10.4. The molecule has 0 aliphatic carbocycles. The number of hydrogen-bond acceptors (Lipinski definition) is 5. The van der Waals surface area contributed by atoms with Gasteiger partial charge in [-0.1, -0.05) is 18.5 Å². The number of aromatic nitrogens is 1. The van der Waals surface area contributed by atoms with Crippen molar-refractivity contribution in [2.45, 2.75) is 24.8 Å². The number of nitrogens with zero attached hydrogens (tertiary/aromatic N) is 1. The van der Waals surface area contributed by atoms with Gasteiger partial charge in [0, 0.05) is 22.5 Å². The van der Waals surface area contributed by atoms with Crippen molar-refractivity contribution in [2.24, 2.45) is 0 Å². The first-order valence-corrected chi connectivity index (χ1v) is 8.58. The summed E-state index contributed by atoms with van der Waals surface area (Å²) >= 11 is 7.37. The Morgan fingerprint density at radius 3 is 2.70 bits per heavy atom. The van der Waals surface area contributed by atoms with Crippen LogP contribution in [0.2, 0.25) is 5.02 Å². The minimum atomic E-state index is -3.64. The maximum atomic E-state index is 12.1. The van der Waals surface area contributed by atoms with Crippen LogP contribution < -0.4 is 10.5 Å². The highest BCUT2D eigenvalue weighted by Crippen LogP contribution is 2.21.